The zero-order chi connectivity index (χ0) is 11.0. The number of amides is 1. The largest absolute Gasteiger partial charge is 0.383 e. The third-order valence-electron chi connectivity index (χ3n) is 2.16. The van der Waals surface area contributed by atoms with Gasteiger partial charge in [0.1, 0.15) is 0 Å². The van der Waals surface area contributed by atoms with E-state index in [2.05, 4.69) is 5.32 Å². The number of nitrogens with one attached hydrogen (secondary N) is 1. The number of hydrogen-bond donors (Lipinski definition) is 1. The lowest BCUT2D eigenvalue weighted by atomic mass is 10.1. The van der Waals surface area contributed by atoms with Gasteiger partial charge in [-0.05, 0) is 12.8 Å². The maximum Gasteiger partial charge on any atom is 0.222 e. The van der Waals surface area contributed by atoms with Gasteiger partial charge in [-0.1, -0.05) is 13.8 Å². The fourth-order valence-electron chi connectivity index (χ4n) is 0.976. The number of carbonyl (C=O) groups is 1. The quantitative estimate of drug-likeness (QED) is 0.666. The highest BCUT2D eigenvalue weighted by atomic mass is 35.5. The van der Waals surface area contributed by atoms with E-state index in [9.17, 15) is 4.79 Å². The predicted molar refractivity (Wildman–Crippen MR) is 58.6 cm³/mol. The average molecular weight is 222 g/mol. The summed E-state index contributed by atoms with van der Waals surface area (Å²) in [7, 11) is 1.62. The molecule has 0 bridgehead atoms. The highest BCUT2D eigenvalue weighted by Crippen LogP contribution is 2.02. The van der Waals surface area contributed by atoms with Gasteiger partial charge < -0.3 is 10.1 Å². The minimum atomic E-state index is -0.0165. The molecule has 0 saturated carbocycles. The summed E-state index contributed by atoms with van der Waals surface area (Å²) in [4.78, 5) is 11.3. The van der Waals surface area contributed by atoms with E-state index in [0.717, 1.165) is 12.8 Å². The van der Waals surface area contributed by atoms with Gasteiger partial charge in [-0.2, -0.15) is 0 Å². The maximum atomic E-state index is 11.3. The Hall–Kier alpha value is -0.280. The lowest BCUT2D eigenvalue weighted by Gasteiger charge is -2.11. The fraction of sp³-hybridized carbons (Fsp3) is 0.900. The summed E-state index contributed by atoms with van der Waals surface area (Å²) >= 11 is 5.90. The van der Waals surface area contributed by atoms with Gasteiger partial charge in [-0.3, -0.25) is 4.79 Å². The molecule has 4 heteroatoms. The van der Waals surface area contributed by atoms with Crippen LogP contribution in [-0.2, 0) is 9.53 Å². The molecule has 1 N–H and O–H groups in total. The van der Waals surface area contributed by atoms with Crippen molar-refractivity contribution >= 4 is 17.5 Å². The zero-order valence-electron chi connectivity index (χ0n) is 9.18. The molecule has 0 heterocycles. The van der Waals surface area contributed by atoms with Crippen LogP contribution in [0, 0.1) is 5.92 Å². The topological polar surface area (TPSA) is 38.3 Å². The minimum Gasteiger partial charge on any atom is -0.383 e. The van der Waals surface area contributed by atoms with Gasteiger partial charge in [0.05, 0.1) is 12.0 Å². The van der Waals surface area contributed by atoms with Crippen LogP contribution in [0.4, 0.5) is 0 Å². The molecule has 0 fully saturated rings. The SMILES string of the molecule is CCC(C)C(=O)NCCC(Cl)COC. The van der Waals surface area contributed by atoms with Crippen molar-refractivity contribution in [2.75, 3.05) is 20.3 Å². The highest BCUT2D eigenvalue weighted by Gasteiger charge is 2.10. The molecule has 0 aromatic heterocycles. The molecule has 0 rings (SSSR count). The van der Waals surface area contributed by atoms with E-state index in [-0.39, 0.29) is 17.2 Å². The molecule has 0 aliphatic carbocycles. The Bertz CT molecular complexity index is 164. The predicted octanol–water partition coefficient (Wildman–Crippen LogP) is 1.79. The second kappa shape index (κ2) is 8.06. The Morgan fingerprint density at radius 3 is 2.71 bits per heavy atom. The van der Waals surface area contributed by atoms with Crippen LogP contribution < -0.4 is 5.32 Å². The van der Waals surface area contributed by atoms with Gasteiger partial charge in [-0.15, -0.1) is 11.6 Å². The summed E-state index contributed by atoms with van der Waals surface area (Å²) in [5.74, 6) is 0.194. The second-order valence-electron chi connectivity index (χ2n) is 3.44. The van der Waals surface area contributed by atoms with Crippen LogP contribution in [0.25, 0.3) is 0 Å². The molecule has 0 spiro atoms. The number of halogens is 1. The van der Waals surface area contributed by atoms with E-state index in [0.29, 0.717) is 13.2 Å². The molecule has 14 heavy (non-hydrogen) atoms. The monoisotopic (exact) mass is 221 g/mol. The standard InChI is InChI=1S/C10H20ClNO2/c1-4-8(2)10(13)12-6-5-9(11)7-14-3/h8-9H,4-7H2,1-3H3,(H,12,13). The molecule has 84 valence electrons. The first-order valence-corrected chi connectivity index (χ1v) is 5.46. The van der Waals surface area contributed by atoms with E-state index in [1.54, 1.807) is 7.11 Å². The van der Waals surface area contributed by atoms with Crippen LogP contribution in [0.2, 0.25) is 0 Å². The summed E-state index contributed by atoms with van der Waals surface area (Å²) in [5, 5.41) is 2.83. The zero-order valence-corrected chi connectivity index (χ0v) is 9.93. The van der Waals surface area contributed by atoms with Gasteiger partial charge >= 0.3 is 0 Å². The third kappa shape index (κ3) is 6.22. The molecule has 0 radical (unpaired) electrons. The Morgan fingerprint density at radius 1 is 1.57 bits per heavy atom. The lowest BCUT2D eigenvalue weighted by Crippen LogP contribution is -2.31. The Labute approximate surface area is 91.2 Å². The summed E-state index contributed by atoms with van der Waals surface area (Å²) in [6.45, 7) is 5.07. The van der Waals surface area contributed by atoms with Crippen LogP contribution >= 0.6 is 11.6 Å². The van der Waals surface area contributed by atoms with Gasteiger partial charge in [-0.25, -0.2) is 0 Å². The number of methoxy groups -OCH3 is 1. The Balaban J connectivity index is 3.48. The first-order valence-electron chi connectivity index (χ1n) is 5.02. The molecule has 2 unspecified atom stereocenters. The first-order chi connectivity index (χ1) is 6.61. The maximum absolute atomic E-state index is 11.3. The minimum absolute atomic E-state index is 0.0165. The molecule has 3 nitrogen and oxygen atoms in total. The molecule has 0 aromatic carbocycles. The van der Waals surface area contributed by atoms with E-state index in [1.165, 1.54) is 0 Å². The summed E-state index contributed by atoms with van der Waals surface area (Å²) in [5.41, 5.74) is 0. The Kier molecular flexibility index (Phi) is 7.90. The lowest BCUT2D eigenvalue weighted by molar-refractivity contribution is -0.124. The van der Waals surface area contributed by atoms with Gasteiger partial charge in [0.15, 0.2) is 0 Å². The number of carbonyl (C=O) groups excluding carboxylic acids is 1. The van der Waals surface area contributed by atoms with Crippen LogP contribution in [0.3, 0.4) is 0 Å². The number of hydrogen-bond acceptors (Lipinski definition) is 2. The molecule has 0 aliphatic heterocycles. The van der Waals surface area contributed by atoms with E-state index < -0.39 is 0 Å². The smallest absolute Gasteiger partial charge is 0.222 e. The molecular weight excluding hydrogens is 202 g/mol. The fourth-order valence-corrected chi connectivity index (χ4v) is 1.21. The van der Waals surface area contributed by atoms with Crippen LogP contribution in [0.15, 0.2) is 0 Å². The van der Waals surface area contributed by atoms with Crippen molar-refractivity contribution in [3.63, 3.8) is 0 Å². The van der Waals surface area contributed by atoms with Crippen molar-refractivity contribution in [2.45, 2.75) is 32.1 Å². The number of rotatable bonds is 7. The second-order valence-corrected chi connectivity index (χ2v) is 4.06. The van der Waals surface area contributed by atoms with E-state index in [1.807, 2.05) is 13.8 Å². The molecule has 2 atom stereocenters. The van der Waals surface area contributed by atoms with Crippen molar-refractivity contribution in [1.82, 2.24) is 5.32 Å². The molecule has 0 aromatic rings. The van der Waals surface area contributed by atoms with Crippen molar-refractivity contribution < 1.29 is 9.53 Å². The Morgan fingerprint density at radius 2 is 2.21 bits per heavy atom. The normalized spacial score (nSPS) is 14.9. The van der Waals surface area contributed by atoms with E-state index >= 15 is 0 Å². The van der Waals surface area contributed by atoms with Crippen molar-refractivity contribution in [3.8, 4) is 0 Å². The van der Waals surface area contributed by atoms with Crippen molar-refractivity contribution in [2.24, 2.45) is 5.92 Å². The number of ether oxygens (including phenoxy) is 1. The van der Waals surface area contributed by atoms with Crippen LogP contribution in [0.5, 0.6) is 0 Å². The van der Waals surface area contributed by atoms with Crippen molar-refractivity contribution in [3.05, 3.63) is 0 Å². The van der Waals surface area contributed by atoms with E-state index in [4.69, 9.17) is 16.3 Å². The highest BCUT2D eigenvalue weighted by molar-refractivity contribution is 6.20. The summed E-state index contributed by atoms with van der Waals surface area (Å²) < 4.78 is 4.89. The molecule has 1 amide bonds. The van der Waals surface area contributed by atoms with Crippen LogP contribution in [0.1, 0.15) is 26.7 Å². The molecule has 0 aliphatic rings. The van der Waals surface area contributed by atoms with Gasteiger partial charge in [0.25, 0.3) is 0 Å². The summed E-state index contributed by atoms with van der Waals surface area (Å²) in [6.07, 6.45) is 1.62. The van der Waals surface area contributed by atoms with Gasteiger partial charge in [0.2, 0.25) is 5.91 Å². The summed E-state index contributed by atoms with van der Waals surface area (Å²) in [6, 6.07) is 0. The van der Waals surface area contributed by atoms with Crippen LogP contribution in [-0.4, -0.2) is 31.5 Å². The first kappa shape index (κ1) is 13.7. The average Bonchev–Trinajstić information content (AvgIpc) is 2.16. The number of alkyl halides is 1. The van der Waals surface area contributed by atoms with Crippen molar-refractivity contribution in [1.29, 1.82) is 0 Å². The molecular formula is C10H20ClNO2. The third-order valence-corrected chi connectivity index (χ3v) is 2.51. The van der Waals surface area contributed by atoms with Gasteiger partial charge in [0, 0.05) is 19.6 Å². The molecule has 0 saturated heterocycles.